The van der Waals surface area contributed by atoms with Crippen LogP contribution in [-0.2, 0) is 0 Å². The Hall–Kier alpha value is -7.89. The fourth-order valence-corrected chi connectivity index (χ4v) is 7.97. The highest BCUT2D eigenvalue weighted by molar-refractivity contribution is 6.08. The first kappa shape index (κ1) is 33.4. The topological polar surface area (TPSA) is 64.5 Å². The van der Waals surface area contributed by atoms with Gasteiger partial charge in [0.2, 0.25) is 0 Å². The van der Waals surface area contributed by atoms with Gasteiger partial charge in [-0.2, -0.15) is 0 Å². The van der Waals surface area contributed by atoms with E-state index in [0.717, 1.165) is 71.7 Å². The number of nitrogens with zero attached hydrogens (tertiary/aromatic N) is 5. The van der Waals surface area contributed by atoms with Gasteiger partial charge in [0, 0.05) is 44.6 Å². The molecule has 0 spiro atoms. The molecule has 0 aliphatic rings. The lowest BCUT2D eigenvalue weighted by Crippen LogP contribution is -2.00. The van der Waals surface area contributed by atoms with Crippen molar-refractivity contribution in [2.75, 3.05) is 0 Å². The summed E-state index contributed by atoms with van der Waals surface area (Å²) in [4.78, 5) is 24.6. The lowest BCUT2D eigenvalue weighted by Gasteiger charge is -2.13. The molecule has 11 rings (SSSR count). The molecule has 11 aromatic rings. The van der Waals surface area contributed by atoms with E-state index in [1.165, 1.54) is 21.9 Å². The van der Waals surface area contributed by atoms with E-state index < -0.39 is 0 Å². The molecule has 0 amide bonds. The number of hydrogen-bond acceptors (Lipinski definition) is 5. The van der Waals surface area contributed by atoms with E-state index in [0.29, 0.717) is 17.5 Å². The summed E-state index contributed by atoms with van der Waals surface area (Å²) in [5, 5.41) is 5.71. The maximum Gasteiger partial charge on any atom is 0.164 e. The summed E-state index contributed by atoms with van der Waals surface area (Å²) in [6, 6.07) is 67.6. The first-order valence-electron chi connectivity index (χ1n) is 19.4. The average Bonchev–Trinajstić information content (AvgIpc) is 3.31. The lowest BCUT2D eigenvalue weighted by atomic mass is 9.91. The van der Waals surface area contributed by atoms with Crippen molar-refractivity contribution in [2.45, 2.75) is 0 Å². The molecule has 270 valence electrons. The van der Waals surface area contributed by atoms with Crippen LogP contribution in [0.4, 0.5) is 0 Å². The fourth-order valence-electron chi connectivity index (χ4n) is 7.97. The number of fused-ring (bicyclic) bond motifs is 5. The van der Waals surface area contributed by atoms with Gasteiger partial charge in [-0.05, 0) is 56.8 Å². The van der Waals surface area contributed by atoms with Crippen molar-refractivity contribution < 1.29 is 0 Å². The molecule has 0 saturated carbocycles. The number of rotatable bonds is 6. The van der Waals surface area contributed by atoms with Crippen LogP contribution in [-0.4, -0.2) is 24.9 Å². The molecule has 5 nitrogen and oxygen atoms in total. The van der Waals surface area contributed by atoms with Crippen LogP contribution < -0.4 is 0 Å². The van der Waals surface area contributed by atoms with E-state index in [1.807, 2.05) is 79.0 Å². The first-order valence-corrected chi connectivity index (χ1v) is 19.4. The minimum Gasteiger partial charge on any atom is -0.253 e. The fraction of sp³-hybridized carbons (Fsp3) is 0. The predicted octanol–water partition coefficient (Wildman–Crippen LogP) is 13.3. The number of para-hydroxylation sites is 1. The lowest BCUT2D eigenvalue weighted by molar-refractivity contribution is 1.07. The summed E-state index contributed by atoms with van der Waals surface area (Å²) in [6.45, 7) is 0. The van der Waals surface area contributed by atoms with Crippen molar-refractivity contribution in [3.05, 3.63) is 200 Å². The number of aromatic nitrogens is 5. The monoisotopic (exact) mass is 739 g/mol. The largest absolute Gasteiger partial charge is 0.253 e. The standard InChI is InChI=1S/C53H33N5/c1-3-11-37(12-4-1)51-56-52(38-13-5-2-6-14-38)58-53(57-51)39-25-23-36(24-26-39)45-30-29-44(46-16-8-9-17-47(45)46)35-21-19-34(20-22-35)43-32-41-27-28-42-31-40-15-7-10-18-48(40)55-50(42)49(41)54-33-43/h1-33H. The Morgan fingerprint density at radius 1 is 0.276 bits per heavy atom. The molecule has 0 saturated heterocycles. The second kappa shape index (κ2) is 14.0. The molecule has 0 fully saturated rings. The van der Waals surface area contributed by atoms with Crippen molar-refractivity contribution >= 4 is 43.5 Å². The smallest absolute Gasteiger partial charge is 0.164 e. The van der Waals surface area contributed by atoms with Crippen LogP contribution >= 0.6 is 0 Å². The van der Waals surface area contributed by atoms with Crippen molar-refractivity contribution in [1.82, 2.24) is 24.9 Å². The van der Waals surface area contributed by atoms with E-state index in [1.54, 1.807) is 0 Å². The highest BCUT2D eigenvalue weighted by Crippen LogP contribution is 2.38. The van der Waals surface area contributed by atoms with Crippen LogP contribution in [0.2, 0.25) is 0 Å². The maximum atomic E-state index is 4.98. The van der Waals surface area contributed by atoms with E-state index in [4.69, 9.17) is 24.9 Å². The second-order valence-electron chi connectivity index (χ2n) is 14.5. The maximum absolute atomic E-state index is 4.98. The van der Waals surface area contributed by atoms with Crippen LogP contribution in [0.15, 0.2) is 200 Å². The molecule has 0 bridgehead atoms. The molecular weight excluding hydrogens is 707 g/mol. The van der Waals surface area contributed by atoms with Gasteiger partial charge in [-0.1, -0.05) is 176 Å². The molecule has 58 heavy (non-hydrogen) atoms. The molecule has 0 aliphatic heterocycles. The van der Waals surface area contributed by atoms with Crippen molar-refractivity contribution in [2.24, 2.45) is 0 Å². The van der Waals surface area contributed by atoms with Crippen molar-refractivity contribution in [3.8, 4) is 67.5 Å². The second-order valence-corrected chi connectivity index (χ2v) is 14.5. The molecule has 3 heterocycles. The van der Waals surface area contributed by atoms with Crippen molar-refractivity contribution in [1.29, 1.82) is 0 Å². The van der Waals surface area contributed by atoms with E-state index in [-0.39, 0.29) is 0 Å². The molecule has 3 aromatic heterocycles. The highest BCUT2D eigenvalue weighted by Gasteiger charge is 2.15. The Morgan fingerprint density at radius 3 is 1.33 bits per heavy atom. The molecule has 0 radical (unpaired) electrons. The SMILES string of the molecule is c1ccc(-c2nc(-c3ccccc3)nc(-c3ccc(-c4ccc(-c5ccc(-c6cnc7c(ccc8cc9ccccc9nc87)c6)cc5)c5ccccc45)cc3)n2)cc1. The summed E-state index contributed by atoms with van der Waals surface area (Å²) in [5.41, 5.74) is 12.5. The molecule has 5 heteroatoms. The average molecular weight is 740 g/mol. The number of hydrogen-bond donors (Lipinski definition) is 0. The van der Waals surface area contributed by atoms with Crippen LogP contribution in [0.3, 0.4) is 0 Å². The molecule has 0 atom stereocenters. The Kier molecular flexibility index (Phi) is 8.07. The minimum atomic E-state index is 0.640. The van der Waals surface area contributed by atoms with Crippen LogP contribution in [0.25, 0.3) is 111 Å². The molecule has 0 unspecified atom stereocenters. The van der Waals surface area contributed by atoms with E-state index in [9.17, 15) is 0 Å². The Morgan fingerprint density at radius 2 is 0.741 bits per heavy atom. The van der Waals surface area contributed by atoms with Gasteiger partial charge in [-0.3, -0.25) is 4.98 Å². The zero-order valence-electron chi connectivity index (χ0n) is 31.3. The van der Waals surface area contributed by atoms with Gasteiger partial charge in [0.25, 0.3) is 0 Å². The summed E-state index contributed by atoms with van der Waals surface area (Å²) >= 11 is 0. The predicted molar refractivity (Wildman–Crippen MR) is 238 cm³/mol. The summed E-state index contributed by atoms with van der Waals surface area (Å²) in [5.74, 6) is 1.94. The highest BCUT2D eigenvalue weighted by atomic mass is 15.0. The van der Waals surface area contributed by atoms with Crippen LogP contribution in [0.5, 0.6) is 0 Å². The van der Waals surface area contributed by atoms with Crippen LogP contribution in [0, 0.1) is 0 Å². The van der Waals surface area contributed by atoms with Crippen molar-refractivity contribution in [3.63, 3.8) is 0 Å². The zero-order valence-corrected chi connectivity index (χ0v) is 31.3. The Balaban J connectivity index is 0.908. The van der Waals surface area contributed by atoms with Gasteiger partial charge in [0.1, 0.15) is 0 Å². The first-order chi connectivity index (χ1) is 28.7. The van der Waals surface area contributed by atoms with Gasteiger partial charge in [-0.25, -0.2) is 19.9 Å². The zero-order chi connectivity index (χ0) is 38.4. The quantitative estimate of drug-likeness (QED) is 0.125. The normalized spacial score (nSPS) is 11.4. The van der Waals surface area contributed by atoms with E-state index >= 15 is 0 Å². The summed E-state index contributed by atoms with van der Waals surface area (Å²) < 4.78 is 0. The van der Waals surface area contributed by atoms with Gasteiger partial charge in [-0.15, -0.1) is 0 Å². The Labute approximate surface area is 335 Å². The van der Waals surface area contributed by atoms with Gasteiger partial charge in [0.05, 0.1) is 16.6 Å². The van der Waals surface area contributed by atoms with Gasteiger partial charge >= 0.3 is 0 Å². The third-order valence-corrected chi connectivity index (χ3v) is 10.9. The summed E-state index contributed by atoms with van der Waals surface area (Å²) in [6.07, 6.45) is 1.97. The number of pyridine rings is 2. The van der Waals surface area contributed by atoms with Gasteiger partial charge < -0.3 is 0 Å². The molecule has 0 aliphatic carbocycles. The van der Waals surface area contributed by atoms with Gasteiger partial charge in [0.15, 0.2) is 17.5 Å². The summed E-state index contributed by atoms with van der Waals surface area (Å²) in [7, 11) is 0. The van der Waals surface area contributed by atoms with E-state index in [2.05, 4.69) is 121 Å². The number of benzene rings is 8. The minimum absolute atomic E-state index is 0.640. The third kappa shape index (κ3) is 6.03. The molecule has 0 N–H and O–H groups in total. The molecular formula is C53H33N5. The Bertz CT molecular complexity index is 3250. The third-order valence-electron chi connectivity index (χ3n) is 10.9. The van der Waals surface area contributed by atoms with Crippen LogP contribution in [0.1, 0.15) is 0 Å². The molecule has 8 aromatic carbocycles.